The van der Waals surface area contributed by atoms with E-state index in [4.69, 9.17) is 0 Å². The molecule has 0 radical (unpaired) electrons. The van der Waals surface area contributed by atoms with Crippen LogP contribution in [-0.2, 0) is 6.42 Å². The van der Waals surface area contributed by atoms with Gasteiger partial charge in [-0.2, -0.15) is 0 Å². The first-order valence-electron chi connectivity index (χ1n) is 6.96. The first-order chi connectivity index (χ1) is 10.1. The minimum Gasteiger partial charge on any atom is -0.507 e. The van der Waals surface area contributed by atoms with Crippen molar-refractivity contribution in [1.29, 1.82) is 0 Å². The molecule has 1 amide bonds. The van der Waals surface area contributed by atoms with Crippen LogP contribution in [0.15, 0.2) is 36.4 Å². The standard InChI is InChI=1S/C17H16FNO2/c1-11-4-6-15-12(9-11)3-2-8-19(15)17(21)14-10-13(18)5-7-16(14)20/h4-7,9-10,20H,2-3,8H2,1H3. The predicted octanol–water partition coefficient (Wildman–Crippen LogP) is 3.43. The van der Waals surface area contributed by atoms with Crippen molar-refractivity contribution in [1.82, 2.24) is 0 Å². The average molecular weight is 285 g/mol. The Balaban J connectivity index is 2.02. The van der Waals surface area contributed by atoms with E-state index in [9.17, 15) is 14.3 Å². The Hall–Kier alpha value is -2.36. The van der Waals surface area contributed by atoms with E-state index in [1.54, 1.807) is 4.90 Å². The molecule has 0 aromatic heterocycles. The topological polar surface area (TPSA) is 40.5 Å². The fraction of sp³-hybridized carbons (Fsp3) is 0.235. The second-order valence-electron chi connectivity index (χ2n) is 5.35. The van der Waals surface area contributed by atoms with E-state index < -0.39 is 5.82 Å². The number of halogens is 1. The number of benzene rings is 2. The number of fused-ring (bicyclic) bond motifs is 1. The van der Waals surface area contributed by atoms with Crippen molar-refractivity contribution in [3.8, 4) is 5.75 Å². The number of aromatic hydroxyl groups is 1. The highest BCUT2D eigenvalue weighted by Crippen LogP contribution is 2.31. The molecule has 3 rings (SSSR count). The van der Waals surface area contributed by atoms with Gasteiger partial charge in [0.15, 0.2) is 0 Å². The van der Waals surface area contributed by atoms with Crippen LogP contribution < -0.4 is 4.90 Å². The Morgan fingerprint density at radius 3 is 2.86 bits per heavy atom. The van der Waals surface area contributed by atoms with Crippen LogP contribution in [0.1, 0.15) is 27.9 Å². The lowest BCUT2D eigenvalue weighted by molar-refractivity contribution is 0.0982. The van der Waals surface area contributed by atoms with Crippen molar-refractivity contribution in [3.05, 3.63) is 58.9 Å². The third kappa shape index (κ3) is 2.49. The molecule has 0 saturated heterocycles. The summed E-state index contributed by atoms with van der Waals surface area (Å²) in [4.78, 5) is 14.2. The van der Waals surface area contributed by atoms with Crippen LogP contribution in [-0.4, -0.2) is 17.6 Å². The molecule has 0 aliphatic carbocycles. The van der Waals surface area contributed by atoms with Gasteiger partial charge in [-0.1, -0.05) is 17.7 Å². The molecule has 0 atom stereocenters. The first kappa shape index (κ1) is 13.6. The van der Waals surface area contributed by atoms with Crippen molar-refractivity contribution < 1.29 is 14.3 Å². The number of carbonyl (C=O) groups is 1. The molecule has 2 aromatic rings. The van der Waals surface area contributed by atoms with Gasteiger partial charge in [-0.3, -0.25) is 4.79 Å². The molecule has 2 aromatic carbocycles. The monoisotopic (exact) mass is 285 g/mol. The lowest BCUT2D eigenvalue weighted by Gasteiger charge is -2.30. The van der Waals surface area contributed by atoms with Crippen LogP contribution in [0.3, 0.4) is 0 Å². The van der Waals surface area contributed by atoms with Crippen LogP contribution in [0.5, 0.6) is 5.75 Å². The number of phenols is 1. The van der Waals surface area contributed by atoms with E-state index in [1.807, 2.05) is 19.1 Å². The average Bonchev–Trinajstić information content (AvgIpc) is 2.48. The van der Waals surface area contributed by atoms with E-state index in [1.165, 1.54) is 6.07 Å². The highest BCUT2D eigenvalue weighted by Gasteiger charge is 2.25. The Kier molecular flexibility index (Phi) is 3.37. The molecular weight excluding hydrogens is 269 g/mol. The van der Waals surface area contributed by atoms with Crippen LogP contribution in [0.25, 0.3) is 0 Å². The summed E-state index contributed by atoms with van der Waals surface area (Å²) in [7, 11) is 0. The predicted molar refractivity (Wildman–Crippen MR) is 79.2 cm³/mol. The van der Waals surface area contributed by atoms with Crippen LogP contribution >= 0.6 is 0 Å². The number of amides is 1. The van der Waals surface area contributed by atoms with E-state index in [2.05, 4.69) is 6.07 Å². The van der Waals surface area contributed by atoms with E-state index in [0.29, 0.717) is 6.54 Å². The lowest BCUT2D eigenvalue weighted by Crippen LogP contribution is -2.35. The number of hydrogen-bond acceptors (Lipinski definition) is 2. The Morgan fingerprint density at radius 1 is 1.24 bits per heavy atom. The molecule has 3 nitrogen and oxygen atoms in total. The molecule has 0 fully saturated rings. The number of rotatable bonds is 1. The molecule has 21 heavy (non-hydrogen) atoms. The molecule has 0 saturated carbocycles. The van der Waals surface area contributed by atoms with Gasteiger partial charge in [-0.05, 0) is 49.6 Å². The summed E-state index contributed by atoms with van der Waals surface area (Å²) in [5, 5.41) is 9.81. The molecule has 1 heterocycles. The van der Waals surface area contributed by atoms with Crippen molar-refractivity contribution in [3.63, 3.8) is 0 Å². The zero-order valence-electron chi connectivity index (χ0n) is 11.8. The first-order valence-corrected chi connectivity index (χ1v) is 6.96. The third-order valence-electron chi connectivity index (χ3n) is 3.79. The van der Waals surface area contributed by atoms with Gasteiger partial charge in [0, 0.05) is 12.2 Å². The summed E-state index contributed by atoms with van der Waals surface area (Å²) >= 11 is 0. The van der Waals surface area contributed by atoms with E-state index >= 15 is 0 Å². The minimum atomic E-state index is -0.530. The third-order valence-corrected chi connectivity index (χ3v) is 3.79. The highest BCUT2D eigenvalue weighted by atomic mass is 19.1. The van der Waals surface area contributed by atoms with Crippen molar-refractivity contribution in [2.75, 3.05) is 11.4 Å². The molecule has 0 spiro atoms. The van der Waals surface area contributed by atoms with Gasteiger partial charge < -0.3 is 10.0 Å². The van der Waals surface area contributed by atoms with Gasteiger partial charge >= 0.3 is 0 Å². The van der Waals surface area contributed by atoms with Crippen LogP contribution in [0.4, 0.5) is 10.1 Å². The minimum absolute atomic E-state index is 0.00317. The SMILES string of the molecule is Cc1ccc2c(c1)CCCN2C(=O)c1cc(F)ccc1O. The van der Waals surface area contributed by atoms with Gasteiger partial charge in [-0.25, -0.2) is 4.39 Å². The smallest absolute Gasteiger partial charge is 0.262 e. The van der Waals surface area contributed by atoms with Crippen LogP contribution in [0, 0.1) is 12.7 Å². The normalized spacial score (nSPS) is 13.9. The molecule has 1 aliphatic rings. The van der Waals surface area contributed by atoms with Gasteiger partial charge in [0.2, 0.25) is 0 Å². The maximum atomic E-state index is 13.3. The maximum absolute atomic E-state index is 13.3. The highest BCUT2D eigenvalue weighted by molar-refractivity contribution is 6.08. The molecule has 1 N–H and O–H groups in total. The number of anilines is 1. The van der Waals surface area contributed by atoms with Crippen LogP contribution in [0.2, 0.25) is 0 Å². The molecule has 1 aliphatic heterocycles. The largest absolute Gasteiger partial charge is 0.507 e. The molecular formula is C17H16FNO2. The second-order valence-corrected chi connectivity index (χ2v) is 5.35. The van der Waals surface area contributed by atoms with E-state index in [-0.39, 0.29) is 17.2 Å². The van der Waals surface area contributed by atoms with Gasteiger partial charge in [0.25, 0.3) is 5.91 Å². The quantitative estimate of drug-likeness (QED) is 0.872. The lowest BCUT2D eigenvalue weighted by atomic mass is 9.98. The number of hydrogen-bond donors (Lipinski definition) is 1. The molecule has 108 valence electrons. The Morgan fingerprint density at radius 2 is 2.05 bits per heavy atom. The summed E-state index contributed by atoms with van der Waals surface area (Å²) in [5.74, 6) is -1.09. The zero-order chi connectivity index (χ0) is 15.0. The Labute approximate surface area is 122 Å². The second kappa shape index (κ2) is 5.20. The number of phenolic OH excluding ortho intramolecular Hbond substituents is 1. The van der Waals surface area contributed by atoms with Gasteiger partial charge in [-0.15, -0.1) is 0 Å². The maximum Gasteiger partial charge on any atom is 0.262 e. The molecule has 0 bridgehead atoms. The van der Waals surface area contributed by atoms with Gasteiger partial charge in [0.1, 0.15) is 11.6 Å². The molecule has 0 unspecified atom stereocenters. The zero-order valence-corrected chi connectivity index (χ0v) is 11.8. The summed E-state index contributed by atoms with van der Waals surface area (Å²) in [6.45, 7) is 2.59. The summed E-state index contributed by atoms with van der Waals surface area (Å²) < 4.78 is 13.3. The number of aryl methyl sites for hydroxylation is 2. The number of nitrogens with zero attached hydrogens (tertiary/aromatic N) is 1. The van der Waals surface area contributed by atoms with Crippen molar-refractivity contribution in [2.45, 2.75) is 19.8 Å². The number of carbonyl (C=O) groups excluding carboxylic acids is 1. The van der Waals surface area contributed by atoms with Crippen molar-refractivity contribution in [2.24, 2.45) is 0 Å². The fourth-order valence-corrected chi connectivity index (χ4v) is 2.76. The summed E-state index contributed by atoms with van der Waals surface area (Å²) in [6, 6.07) is 9.37. The van der Waals surface area contributed by atoms with E-state index in [0.717, 1.165) is 41.8 Å². The summed E-state index contributed by atoms with van der Waals surface area (Å²) in [6.07, 6.45) is 1.79. The fourth-order valence-electron chi connectivity index (χ4n) is 2.76. The van der Waals surface area contributed by atoms with Gasteiger partial charge in [0.05, 0.1) is 5.56 Å². The molecule has 4 heteroatoms. The van der Waals surface area contributed by atoms with Crippen molar-refractivity contribution >= 4 is 11.6 Å². The Bertz CT molecular complexity index is 712. The summed E-state index contributed by atoms with van der Waals surface area (Å²) in [5.41, 5.74) is 3.12.